The molecule has 1 saturated heterocycles. The van der Waals surface area contributed by atoms with E-state index in [-0.39, 0.29) is 17.9 Å². The van der Waals surface area contributed by atoms with Crippen LogP contribution in [-0.2, 0) is 16.0 Å². The van der Waals surface area contributed by atoms with Crippen LogP contribution in [0.2, 0.25) is 0 Å². The van der Waals surface area contributed by atoms with Gasteiger partial charge < -0.3 is 20.3 Å². The average molecular weight is 448 g/mol. The smallest absolute Gasteiger partial charge is 0.254 e. The molecule has 0 aliphatic carbocycles. The quantitative estimate of drug-likeness (QED) is 0.580. The molecule has 1 aliphatic heterocycles. The highest BCUT2D eigenvalue weighted by molar-refractivity contribution is 6.02. The van der Waals surface area contributed by atoms with E-state index in [9.17, 15) is 14.0 Å². The minimum atomic E-state index is -0.891. The molecule has 1 unspecified atom stereocenters. The van der Waals surface area contributed by atoms with Gasteiger partial charge in [-0.3, -0.25) is 9.59 Å². The molecule has 33 heavy (non-hydrogen) atoms. The summed E-state index contributed by atoms with van der Waals surface area (Å²) in [5.74, 6) is -1.64. The third-order valence-corrected chi connectivity index (χ3v) is 5.54. The molecule has 1 heterocycles. The number of halogens is 1. The third-order valence-electron chi connectivity index (χ3n) is 5.54. The van der Waals surface area contributed by atoms with E-state index in [4.69, 9.17) is 4.74 Å². The summed E-state index contributed by atoms with van der Waals surface area (Å²) in [6, 6.07) is 21.8. The maximum Gasteiger partial charge on any atom is 0.254 e. The van der Waals surface area contributed by atoms with Gasteiger partial charge in [0.15, 0.2) is 0 Å². The van der Waals surface area contributed by atoms with Crippen molar-refractivity contribution in [2.24, 2.45) is 0 Å². The number of nitrogens with zero attached hydrogens (tertiary/aromatic N) is 1. The third kappa shape index (κ3) is 5.75. The highest BCUT2D eigenvalue weighted by Gasteiger charge is 2.25. The lowest BCUT2D eigenvalue weighted by Crippen LogP contribution is -2.45. The summed E-state index contributed by atoms with van der Waals surface area (Å²) in [7, 11) is 0. The fourth-order valence-electron chi connectivity index (χ4n) is 3.82. The van der Waals surface area contributed by atoms with Gasteiger partial charge in [-0.05, 0) is 29.8 Å². The number of ether oxygens (including phenoxy) is 1. The Morgan fingerprint density at radius 3 is 2.33 bits per heavy atom. The van der Waals surface area contributed by atoms with E-state index in [0.717, 1.165) is 24.3 Å². The predicted octanol–water partition coefficient (Wildman–Crippen LogP) is 3.64. The van der Waals surface area contributed by atoms with Crippen molar-refractivity contribution in [3.63, 3.8) is 0 Å². The number of carbonyl (C=O) groups excluding carboxylic acids is 2. The van der Waals surface area contributed by atoms with E-state index < -0.39 is 17.8 Å². The topological polar surface area (TPSA) is 70.7 Å². The number of morpholine rings is 1. The van der Waals surface area contributed by atoms with Crippen LogP contribution < -0.4 is 15.5 Å². The van der Waals surface area contributed by atoms with Crippen LogP contribution in [-0.4, -0.2) is 44.2 Å². The van der Waals surface area contributed by atoms with Gasteiger partial charge in [-0.15, -0.1) is 0 Å². The van der Waals surface area contributed by atoms with Crippen LogP contribution in [0.3, 0.4) is 0 Å². The first-order chi connectivity index (χ1) is 16.1. The van der Waals surface area contributed by atoms with Crippen LogP contribution >= 0.6 is 0 Å². The Morgan fingerprint density at radius 2 is 1.58 bits per heavy atom. The molecule has 1 fully saturated rings. The van der Waals surface area contributed by atoms with E-state index in [1.807, 2.05) is 54.6 Å². The Hall–Kier alpha value is -3.71. The first kappa shape index (κ1) is 22.5. The van der Waals surface area contributed by atoms with Crippen LogP contribution in [0, 0.1) is 5.82 Å². The number of anilines is 2. The molecule has 6 nitrogen and oxygen atoms in total. The van der Waals surface area contributed by atoms with Crippen molar-refractivity contribution in [1.29, 1.82) is 0 Å². The molecule has 1 atom stereocenters. The summed E-state index contributed by atoms with van der Waals surface area (Å²) in [5, 5.41) is 5.69. The molecule has 0 aromatic heterocycles. The summed E-state index contributed by atoms with van der Waals surface area (Å²) in [6.45, 7) is 2.70. The van der Waals surface area contributed by atoms with Crippen LogP contribution in [0.5, 0.6) is 0 Å². The zero-order chi connectivity index (χ0) is 23.0. The van der Waals surface area contributed by atoms with Crippen LogP contribution in [0.4, 0.5) is 15.8 Å². The molecule has 1 aliphatic rings. The van der Waals surface area contributed by atoms with Gasteiger partial charge in [-0.1, -0.05) is 54.6 Å². The molecule has 7 heteroatoms. The van der Waals surface area contributed by atoms with E-state index in [2.05, 4.69) is 15.5 Å². The Morgan fingerprint density at radius 1 is 0.909 bits per heavy atom. The number of benzene rings is 3. The van der Waals surface area contributed by atoms with Crippen molar-refractivity contribution >= 4 is 23.2 Å². The summed E-state index contributed by atoms with van der Waals surface area (Å²) < 4.78 is 19.6. The number of para-hydroxylation sites is 2. The van der Waals surface area contributed by atoms with E-state index in [1.165, 1.54) is 18.2 Å². The fourth-order valence-corrected chi connectivity index (χ4v) is 3.82. The second-order valence-corrected chi connectivity index (χ2v) is 7.80. The lowest BCUT2D eigenvalue weighted by Gasteiger charge is -2.31. The van der Waals surface area contributed by atoms with E-state index in [0.29, 0.717) is 18.9 Å². The molecule has 2 amide bonds. The lowest BCUT2D eigenvalue weighted by atomic mass is 10.0. The normalized spacial score (nSPS) is 14.4. The van der Waals surface area contributed by atoms with Crippen molar-refractivity contribution in [3.8, 4) is 0 Å². The highest BCUT2D eigenvalue weighted by Crippen LogP contribution is 2.26. The summed E-state index contributed by atoms with van der Waals surface area (Å²) in [5.41, 5.74) is 2.33. The Labute approximate surface area is 192 Å². The number of hydrogen-bond donors (Lipinski definition) is 2. The molecule has 0 radical (unpaired) electrons. The van der Waals surface area contributed by atoms with Crippen LogP contribution in [0.1, 0.15) is 15.9 Å². The number of hydrogen-bond acceptors (Lipinski definition) is 4. The van der Waals surface area contributed by atoms with Gasteiger partial charge in [0, 0.05) is 19.5 Å². The van der Waals surface area contributed by atoms with Crippen molar-refractivity contribution in [3.05, 3.63) is 95.8 Å². The molecular weight excluding hydrogens is 421 g/mol. The molecule has 170 valence electrons. The fraction of sp³-hybridized carbons (Fsp3) is 0.231. The molecule has 0 saturated carbocycles. The second-order valence-electron chi connectivity index (χ2n) is 7.80. The number of amides is 2. The molecule has 3 aromatic rings. The van der Waals surface area contributed by atoms with Crippen molar-refractivity contribution in [1.82, 2.24) is 5.32 Å². The maximum absolute atomic E-state index is 14.1. The predicted molar refractivity (Wildman–Crippen MR) is 126 cm³/mol. The Balaban J connectivity index is 1.56. The zero-order valence-corrected chi connectivity index (χ0v) is 18.2. The Bertz CT molecular complexity index is 1100. The van der Waals surface area contributed by atoms with E-state index >= 15 is 0 Å². The van der Waals surface area contributed by atoms with Gasteiger partial charge in [0.2, 0.25) is 5.91 Å². The van der Waals surface area contributed by atoms with Crippen molar-refractivity contribution in [2.45, 2.75) is 12.5 Å². The van der Waals surface area contributed by atoms with Gasteiger partial charge in [0.1, 0.15) is 11.9 Å². The van der Waals surface area contributed by atoms with Gasteiger partial charge in [0.05, 0.1) is 30.2 Å². The lowest BCUT2D eigenvalue weighted by molar-refractivity contribution is -0.118. The molecule has 3 aromatic carbocycles. The Kier molecular flexibility index (Phi) is 7.32. The monoisotopic (exact) mass is 447 g/mol. The standard InChI is InChI=1S/C26H26FN3O3/c27-21-11-5-4-10-20(21)25(31)29-23(18-19-8-2-1-3-9-19)26(32)28-22-12-6-7-13-24(22)30-14-16-33-17-15-30/h1-13,23H,14-18H2,(H,28,32)(H,29,31). The highest BCUT2D eigenvalue weighted by atomic mass is 19.1. The van der Waals surface area contributed by atoms with E-state index in [1.54, 1.807) is 6.07 Å². The van der Waals surface area contributed by atoms with Gasteiger partial charge in [0.25, 0.3) is 5.91 Å². The van der Waals surface area contributed by atoms with Gasteiger partial charge in [-0.2, -0.15) is 0 Å². The van der Waals surface area contributed by atoms with Crippen LogP contribution in [0.25, 0.3) is 0 Å². The second kappa shape index (κ2) is 10.7. The number of nitrogens with one attached hydrogen (secondary N) is 2. The number of rotatable bonds is 7. The number of carbonyl (C=O) groups is 2. The van der Waals surface area contributed by atoms with Gasteiger partial charge >= 0.3 is 0 Å². The molecule has 4 rings (SSSR count). The minimum absolute atomic E-state index is 0.0999. The molecule has 2 N–H and O–H groups in total. The minimum Gasteiger partial charge on any atom is -0.378 e. The van der Waals surface area contributed by atoms with Gasteiger partial charge in [-0.25, -0.2) is 4.39 Å². The molecule has 0 bridgehead atoms. The largest absolute Gasteiger partial charge is 0.378 e. The van der Waals surface area contributed by atoms with Crippen molar-refractivity contribution in [2.75, 3.05) is 36.5 Å². The zero-order valence-electron chi connectivity index (χ0n) is 18.2. The first-order valence-electron chi connectivity index (χ1n) is 10.9. The molecular formula is C26H26FN3O3. The maximum atomic E-state index is 14.1. The summed E-state index contributed by atoms with van der Waals surface area (Å²) in [6.07, 6.45) is 0.270. The first-order valence-corrected chi connectivity index (χ1v) is 10.9. The van der Waals surface area contributed by atoms with Crippen molar-refractivity contribution < 1.29 is 18.7 Å². The summed E-state index contributed by atoms with van der Waals surface area (Å²) in [4.78, 5) is 28.3. The molecule has 0 spiro atoms. The SMILES string of the molecule is O=C(NC(Cc1ccccc1)C(=O)Nc1ccccc1N1CCOCC1)c1ccccc1F. The average Bonchev–Trinajstić information content (AvgIpc) is 2.85. The summed E-state index contributed by atoms with van der Waals surface area (Å²) >= 11 is 0. The van der Waals surface area contributed by atoms with Crippen LogP contribution in [0.15, 0.2) is 78.9 Å².